The summed E-state index contributed by atoms with van der Waals surface area (Å²) in [6.45, 7) is 5.34. The van der Waals surface area contributed by atoms with Crippen LogP contribution in [-0.2, 0) is 24.0 Å². The van der Waals surface area contributed by atoms with Gasteiger partial charge in [-0.2, -0.15) is 0 Å². The minimum atomic E-state index is 0.566. The lowest BCUT2D eigenvalue weighted by molar-refractivity contribution is -0.0192. The molecule has 0 N–H and O–H groups in total. The fourth-order valence-electron chi connectivity index (χ4n) is 6.67. The van der Waals surface area contributed by atoms with Crippen molar-refractivity contribution in [3.8, 4) is 0 Å². The normalized spacial score (nSPS) is 32.6. The van der Waals surface area contributed by atoms with Crippen molar-refractivity contribution in [2.45, 2.75) is 103 Å². The van der Waals surface area contributed by atoms with Gasteiger partial charge in [0, 0.05) is 6.61 Å². The summed E-state index contributed by atoms with van der Waals surface area (Å²) in [7, 11) is 0. The molecule has 2 fully saturated rings. The van der Waals surface area contributed by atoms with Gasteiger partial charge in [-0.1, -0.05) is 38.0 Å². The van der Waals surface area contributed by atoms with Crippen molar-refractivity contribution in [2.75, 3.05) is 6.61 Å². The second-order valence-electron chi connectivity index (χ2n) is 10.0. The number of aryl methyl sites for hydroxylation is 2. The molecular formula is C27H42O. The zero-order valence-electron chi connectivity index (χ0n) is 18.4. The molecule has 0 aromatic heterocycles. The molecule has 5 atom stereocenters. The monoisotopic (exact) mass is 382 g/mol. The molecule has 3 aliphatic rings. The molecule has 3 unspecified atom stereocenters. The van der Waals surface area contributed by atoms with E-state index in [-0.39, 0.29) is 0 Å². The van der Waals surface area contributed by atoms with Crippen LogP contribution < -0.4 is 0 Å². The highest BCUT2D eigenvalue weighted by molar-refractivity contribution is 5.34. The van der Waals surface area contributed by atoms with Gasteiger partial charge in [-0.3, -0.25) is 0 Å². The molecule has 1 heteroatoms. The molecule has 4 rings (SSSR count). The van der Waals surface area contributed by atoms with Crippen molar-refractivity contribution in [1.82, 2.24) is 0 Å². The van der Waals surface area contributed by atoms with Gasteiger partial charge in [0.05, 0.1) is 6.10 Å². The van der Waals surface area contributed by atoms with Crippen LogP contribution in [0.25, 0.3) is 0 Å². The minimum Gasteiger partial charge on any atom is -0.378 e. The molecule has 0 aliphatic heterocycles. The summed E-state index contributed by atoms with van der Waals surface area (Å²) in [6.07, 6.45) is 18.6. The first kappa shape index (κ1) is 20.5. The predicted octanol–water partition coefficient (Wildman–Crippen LogP) is 7.15. The molecule has 3 aliphatic carbocycles. The average Bonchev–Trinajstić information content (AvgIpc) is 2.73. The third-order valence-electron chi connectivity index (χ3n) is 8.28. The quantitative estimate of drug-likeness (QED) is 0.455. The Bertz CT molecular complexity index is 621. The van der Waals surface area contributed by atoms with Crippen molar-refractivity contribution in [2.24, 2.45) is 23.7 Å². The lowest BCUT2D eigenvalue weighted by Gasteiger charge is -2.44. The fourth-order valence-corrected chi connectivity index (χ4v) is 6.67. The molecule has 0 heterocycles. The van der Waals surface area contributed by atoms with Crippen molar-refractivity contribution in [3.05, 3.63) is 34.9 Å². The van der Waals surface area contributed by atoms with E-state index in [1.54, 1.807) is 16.7 Å². The summed E-state index contributed by atoms with van der Waals surface area (Å²) in [5.41, 5.74) is 4.94. The Balaban J connectivity index is 1.31. The average molecular weight is 383 g/mol. The van der Waals surface area contributed by atoms with Crippen molar-refractivity contribution >= 4 is 0 Å². The maximum absolute atomic E-state index is 5.95. The van der Waals surface area contributed by atoms with Crippen LogP contribution in [0.5, 0.6) is 0 Å². The van der Waals surface area contributed by atoms with E-state index in [2.05, 4.69) is 32.0 Å². The van der Waals surface area contributed by atoms with E-state index in [0.29, 0.717) is 6.10 Å². The van der Waals surface area contributed by atoms with Gasteiger partial charge in [0.2, 0.25) is 0 Å². The van der Waals surface area contributed by atoms with E-state index < -0.39 is 0 Å². The summed E-state index contributed by atoms with van der Waals surface area (Å²) in [5, 5.41) is 0. The third-order valence-corrected chi connectivity index (χ3v) is 8.28. The minimum absolute atomic E-state index is 0.566. The van der Waals surface area contributed by atoms with Gasteiger partial charge in [0.25, 0.3) is 0 Å². The van der Waals surface area contributed by atoms with E-state index >= 15 is 0 Å². The predicted molar refractivity (Wildman–Crippen MR) is 119 cm³/mol. The maximum Gasteiger partial charge on any atom is 0.0577 e. The fraction of sp³-hybridized carbons (Fsp3) is 0.778. The first-order valence-corrected chi connectivity index (χ1v) is 12.5. The SMILES string of the molecule is CCCCCc1ccc2c(c1)CCC(C1CCC3C[C@H](OCC)CC[C@@H]3C1)C2. The van der Waals surface area contributed by atoms with E-state index in [9.17, 15) is 0 Å². The highest BCUT2D eigenvalue weighted by Gasteiger charge is 2.38. The summed E-state index contributed by atoms with van der Waals surface area (Å²) in [5.74, 6) is 3.90. The van der Waals surface area contributed by atoms with Gasteiger partial charge in [0.1, 0.15) is 0 Å². The molecule has 156 valence electrons. The number of benzene rings is 1. The Hall–Kier alpha value is -0.820. The maximum atomic E-state index is 5.95. The van der Waals surface area contributed by atoms with Crippen molar-refractivity contribution < 1.29 is 4.74 Å². The van der Waals surface area contributed by atoms with Crippen LogP contribution in [0.1, 0.15) is 94.7 Å². The number of unbranched alkanes of at least 4 members (excludes halogenated alkanes) is 2. The van der Waals surface area contributed by atoms with E-state index in [0.717, 1.165) is 30.3 Å². The molecule has 0 radical (unpaired) electrons. The number of ether oxygens (including phenoxy) is 1. The van der Waals surface area contributed by atoms with Gasteiger partial charge in [0.15, 0.2) is 0 Å². The Kier molecular flexibility index (Phi) is 7.15. The summed E-state index contributed by atoms with van der Waals surface area (Å²) in [4.78, 5) is 0. The number of fused-ring (bicyclic) bond motifs is 2. The molecule has 0 amide bonds. The lowest BCUT2D eigenvalue weighted by Crippen LogP contribution is -2.37. The Morgan fingerprint density at radius 2 is 1.61 bits per heavy atom. The van der Waals surface area contributed by atoms with E-state index in [4.69, 9.17) is 4.74 Å². The van der Waals surface area contributed by atoms with Crippen molar-refractivity contribution in [1.29, 1.82) is 0 Å². The molecular weight excluding hydrogens is 340 g/mol. The number of hydrogen-bond donors (Lipinski definition) is 0. The van der Waals surface area contributed by atoms with Crippen LogP contribution in [0.4, 0.5) is 0 Å². The smallest absolute Gasteiger partial charge is 0.0577 e. The highest BCUT2D eigenvalue weighted by atomic mass is 16.5. The summed E-state index contributed by atoms with van der Waals surface area (Å²) in [6, 6.07) is 7.47. The second kappa shape index (κ2) is 9.79. The molecule has 0 saturated heterocycles. The molecule has 1 aromatic rings. The van der Waals surface area contributed by atoms with E-state index in [1.165, 1.54) is 83.5 Å². The molecule has 1 aromatic carbocycles. The Morgan fingerprint density at radius 1 is 0.821 bits per heavy atom. The van der Waals surface area contributed by atoms with E-state index in [1.807, 2.05) is 0 Å². The zero-order chi connectivity index (χ0) is 19.3. The van der Waals surface area contributed by atoms with Gasteiger partial charge in [-0.15, -0.1) is 0 Å². The lowest BCUT2D eigenvalue weighted by atomic mass is 9.62. The molecule has 28 heavy (non-hydrogen) atoms. The van der Waals surface area contributed by atoms with Crippen LogP contribution in [0.2, 0.25) is 0 Å². The zero-order valence-corrected chi connectivity index (χ0v) is 18.4. The van der Waals surface area contributed by atoms with Gasteiger partial charge in [-0.25, -0.2) is 0 Å². The van der Waals surface area contributed by atoms with Gasteiger partial charge < -0.3 is 4.74 Å². The van der Waals surface area contributed by atoms with Crippen LogP contribution in [0.3, 0.4) is 0 Å². The van der Waals surface area contributed by atoms with Gasteiger partial charge in [-0.05, 0) is 118 Å². The molecule has 0 spiro atoms. The standard InChI is InChI=1S/C27H42O/c1-3-5-6-7-20-8-9-22-17-23(11-10-21(22)16-20)24-12-13-26-19-27(28-4-2)15-14-25(26)18-24/h8-9,16,23-27H,3-7,10-15,17-19H2,1-2H3/t23?,24?,25-,26?,27-/m1/s1. The second-order valence-corrected chi connectivity index (χ2v) is 10.0. The van der Waals surface area contributed by atoms with Crippen LogP contribution in [0.15, 0.2) is 18.2 Å². The van der Waals surface area contributed by atoms with Crippen LogP contribution in [0, 0.1) is 23.7 Å². The van der Waals surface area contributed by atoms with Crippen LogP contribution in [-0.4, -0.2) is 12.7 Å². The summed E-state index contributed by atoms with van der Waals surface area (Å²) >= 11 is 0. The van der Waals surface area contributed by atoms with Crippen molar-refractivity contribution in [3.63, 3.8) is 0 Å². The van der Waals surface area contributed by atoms with Gasteiger partial charge >= 0.3 is 0 Å². The largest absolute Gasteiger partial charge is 0.378 e. The number of rotatable bonds is 7. The van der Waals surface area contributed by atoms with Crippen LogP contribution >= 0.6 is 0 Å². The Morgan fingerprint density at radius 3 is 2.43 bits per heavy atom. The first-order chi connectivity index (χ1) is 13.8. The summed E-state index contributed by atoms with van der Waals surface area (Å²) < 4.78 is 5.95. The topological polar surface area (TPSA) is 9.23 Å². The Labute approximate surface area is 173 Å². The number of hydrogen-bond acceptors (Lipinski definition) is 1. The molecule has 2 saturated carbocycles. The molecule has 0 bridgehead atoms. The first-order valence-electron chi connectivity index (χ1n) is 12.5. The highest BCUT2D eigenvalue weighted by Crippen LogP contribution is 2.47. The molecule has 1 nitrogen and oxygen atoms in total. The third kappa shape index (κ3) is 4.84.